The molecule has 0 fully saturated rings. The maximum Gasteiger partial charge on any atom is 0.258 e. The summed E-state index contributed by atoms with van der Waals surface area (Å²) in [5, 5.41) is 6.15. The van der Waals surface area contributed by atoms with Crippen LogP contribution >= 0.6 is 24.0 Å². The third-order valence-electron chi connectivity index (χ3n) is 7.59. The molecule has 0 aliphatic carbocycles. The van der Waals surface area contributed by atoms with Crippen molar-refractivity contribution in [2.75, 3.05) is 0 Å². The number of hydrogen-bond acceptors (Lipinski definition) is 5. The van der Waals surface area contributed by atoms with Crippen LogP contribution < -0.4 is 21.1 Å². The van der Waals surface area contributed by atoms with Crippen LogP contribution in [0.4, 0.5) is 4.39 Å². The van der Waals surface area contributed by atoms with Gasteiger partial charge >= 0.3 is 0 Å². The SMILES string of the molecule is CCCC(NCc1ccccc1F)C(=O)NC(=O)c1ccc(-c2ccccc2)cc1-c1ccc(Cl)cc1Oc1cccc(CN)c1.Cl. The molecule has 0 radical (unpaired) electrons. The number of nitrogens with one attached hydrogen (secondary N) is 2. The van der Waals surface area contributed by atoms with Crippen LogP contribution in [-0.2, 0) is 17.9 Å². The molecule has 0 aromatic heterocycles. The molecule has 5 aromatic rings. The molecule has 242 valence electrons. The molecule has 2 amide bonds. The van der Waals surface area contributed by atoms with Crippen molar-refractivity contribution in [3.8, 4) is 33.8 Å². The molecule has 0 saturated carbocycles. The first-order chi connectivity index (χ1) is 22.4. The van der Waals surface area contributed by atoms with Gasteiger partial charge in [0.15, 0.2) is 0 Å². The van der Waals surface area contributed by atoms with Crippen LogP contribution in [-0.4, -0.2) is 17.9 Å². The summed E-state index contributed by atoms with van der Waals surface area (Å²) in [6.45, 7) is 2.44. The number of ether oxygens (including phenoxy) is 1. The first-order valence-corrected chi connectivity index (χ1v) is 15.5. The zero-order valence-electron chi connectivity index (χ0n) is 25.8. The van der Waals surface area contributed by atoms with Crippen molar-refractivity contribution in [2.45, 2.75) is 38.9 Å². The number of halogens is 3. The van der Waals surface area contributed by atoms with Crippen molar-refractivity contribution in [2.24, 2.45) is 5.73 Å². The average Bonchev–Trinajstić information content (AvgIpc) is 3.07. The summed E-state index contributed by atoms with van der Waals surface area (Å²) in [7, 11) is 0. The standard InChI is InChI=1S/C38H35ClFN3O3.ClH/c1-2-9-35(42-24-28-13-6-7-15-34(28)40)38(45)43-37(44)32-18-16-27(26-11-4-3-5-12-26)21-33(32)31-19-17-29(39)22-36(31)46-30-14-8-10-25(20-30)23-41;/h3-8,10-22,35,42H,2,9,23-24,41H2,1H3,(H,43,44,45);1H. The average molecular weight is 673 g/mol. The Labute approximate surface area is 285 Å². The van der Waals surface area contributed by atoms with Crippen LogP contribution in [0.5, 0.6) is 11.5 Å². The third kappa shape index (κ3) is 9.05. The van der Waals surface area contributed by atoms with Crippen LogP contribution in [0.2, 0.25) is 5.02 Å². The fraction of sp³-hybridized carbons (Fsp3) is 0.158. The van der Waals surface area contributed by atoms with Gasteiger partial charge in [-0.05, 0) is 71.1 Å². The predicted octanol–water partition coefficient (Wildman–Crippen LogP) is 8.70. The maximum atomic E-state index is 14.2. The molecule has 0 spiro atoms. The highest BCUT2D eigenvalue weighted by Gasteiger charge is 2.24. The van der Waals surface area contributed by atoms with Crippen molar-refractivity contribution in [1.29, 1.82) is 0 Å². The van der Waals surface area contributed by atoms with Gasteiger partial charge in [-0.2, -0.15) is 0 Å². The lowest BCUT2D eigenvalue weighted by molar-refractivity contribution is -0.122. The molecule has 9 heteroatoms. The molecule has 1 unspecified atom stereocenters. The highest BCUT2D eigenvalue weighted by Crippen LogP contribution is 2.39. The Morgan fingerprint density at radius 1 is 0.851 bits per heavy atom. The number of nitrogens with two attached hydrogens (primary N) is 1. The molecule has 5 rings (SSSR count). The van der Waals surface area contributed by atoms with Gasteiger partial charge in [-0.3, -0.25) is 14.9 Å². The monoisotopic (exact) mass is 671 g/mol. The van der Waals surface area contributed by atoms with Gasteiger partial charge in [0.25, 0.3) is 5.91 Å². The summed E-state index contributed by atoms with van der Waals surface area (Å²) in [5.74, 6) is -0.426. The van der Waals surface area contributed by atoms with Gasteiger partial charge in [-0.1, -0.05) is 91.7 Å². The fourth-order valence-corrected chi connectivity index (χ4v) is 5.36. The number of hydrogen-bond donors (Lipinski definition) is 3. The van der Waals surface area contributed by atoms with Crippen molar-refractivity contribution in [1.82, 2.24) is 10.6 Å². The van der Waals surface area contributed by atoms with Crippen LogP contribution in [0.1, 0.15) is 41.3 Å². The molecule has 4 N–H and O–H groups in total. The van der Waals surface area contributed by atoms with E-state index in [1.54, 1.807) is 42.5 Å². The second-order valence-electron chi connectivity index (χ2n) is 10.9. The molecule has 0 saturated heterocycles. The largest absolute Gasteiger partial charge is 0.457 e. The van der Waals surface area contributed by atoms with Gasteiger partial charge in [0, 0.05) is 40.9 Å². The molecule has 5 aromatic carbocycles. The lowest BCUT2D eigenvalue weighted by atomic mass is 9.93. The number of benzene rings is 5. The summed E-state index contributed by atoms with van der Waals surface area (Å²) < 4.78 is 20.6. The number of rotatable bonds is 12. The zero-order valence-corrected chi connectivity index (χ0v) is 27.4. The number of carbonyl (C=O) groups excluding carboxylic acids is 2. The summed E-state index contributed by atoms with van der Waals surface area (Å²) in [6, 6.07) is 33.6. The van der Waals surface area contributed by atoms with Crippen LogP contribution in [0.15, 0.2) is 115 Å². The topological polar surface area (TPSA) is 93.5 Å². The van der Waals surface area contributed by atoms with E-state index in [4.69, 9.17) is 22.1 Å². The van der Waals surface area contributed by atoms with E-state index < -0.39 is 17.9 Å². The van der Waals surface area contributed by atoms with Gasteiger partial charge in [0.2, 0.25) is 5.91 Å². The van der Waals surface area contributed by atoms with Crippen LogP contribution in [0, 0.1) is 5.82 Å². The Bertz CT molecular complexity index is 1830. The minimum absolute atomic E-state index is 0. The third-order valence-corrected chi connectivity index (χ3v) is 7.83. The number of imide groups is 1. The second kappa shape index (κ2) is 16.9. The van der Waals surface area contributed by atoms with Gasteiger partial charge in [0.05, 0.1) is 6.04 Å². The van der Waals surface area contributed by atoms with Crippen molar-refractivity contribution in [3.05, 3.63) is 143 Å². The fourth-order valence-electron chi connectivity index (χ4n) is 5.20. The second-order valence-corrected chi connectivity index (χ2v) is 11.3. The lowest BCUT2D eigenvalue weighted by Gasteiger charge is -2.19. The van der Waals surface area contributed by atoms with Crippen molar-refractivity contribution < 1.29 is 18.7 Å². The molecule has 0 aliphatic heterocycles. The number of carbonyl (C=O) groups is 2. The number of amides is 2. The predicted molar refractivity (Wildman–Crippen MR) is 188 cm³/mol. The molecule has 1 atom stereocenters. The lowest BCUT2D eigenvalue weighted by Crippen LogP contribution is -2.46. The van der Waals surface area contributed by atoms with Gasteiger partial charge < -0.3 is 15.8 Å². The van der Waals surface area contributed by atoms with Gasteiger partial charge in [-0.15, -0.1) is 12.4 Å². The van der Waals surface area contributed by atoms with E-state index in [1.807, 2.05) is 73.7 Å². The Morgan fingerprint density at radius 3 is 2.36 bits per heavy atom. The Balaban J connectivity index is 0.00000500. The Hall–Kier alpha value is -4.53. The van der Waals surface area contributed by atoms with Crippen LogP contribution in [0.3, 0.4) is 0 Å². The van der Waals surface area contributed by atoms with Gasteiger partial charge in [-0.25, -0.2) is 4.39 Å². The van der Waals surface area contributed by atoms with E-state index in [9.17, 15) is 14.0 Å². The summed E-state index contributed by atoms with van der Waals surface area (Å²) in [6.07, 6.45) is 1.15. The highest BCUT2D eigenvalue weighted by atomic mass is 35.5. The minimum Gasteiger partial charge on any atom is -0.457 e. The maximum absolute atomic E-state index is 14.2. The summed E-state index contributed by atoms with van der Waals surface area (Å²) in [4.78, 5) is 27.3. The van der Waals surface area contributed by atoms with E-state index in [1.165, 1.54) is 6.07 Å². The smallest absolute Gasteiger partial charge is 0.258 e. The summed E-state index contributed by atoms with van der Waals surface area (Å²) >= 11 is 6.42. The highest BCUT2D eigenvalue weighted by molar-refractivity contribution is 6.30. The first kappa shape index (κ1) is 35.3. The van der Waals surface area contributed by atoms with E-state index in [0.29, 0.717) is 52.6 Å². The van der Waals surface area contributed by atoms with Crippen molar-refractivity contribution in [3.63, 3.8) is 0 Å². The van der Waals surface area contributed by atoms with Gasteiger partial charge in [0.1, 0.15) is 17.3 Å². The quantitative estimate of drug-likeness (QED) is 0.123. The van der Waals surface area contributed by atoms with E-state index in [2.05, 4.69) is 10.6 Å². The van der Waals surface area contributed by atoms with E-state index >= 15 is 0 Å². The molecule has 0 heterocycles. The van der Waals surface area contributed by atoms with Crippen LogP contribution in [0.25, 0.3) is 22.3 Å². The molecular weight excluding hydrogens is 636 g/mol. The molecule has 47 heavy (non-hydrogen) atoms. The van der Waals surface area contributed by atoms with Crippen molar-refractivity contribution >= 4 is 35.8 Å². The normalized spacial score (nSPS) is 11.3. The molecule has 0 aliphatic rings. The molecular formula is C38H36Cl2FN3O3. The molecule has 0 bridgehead atoms. The summed E-state index contributed by atoms with van der Waals surface area (Å²) in [5.41, 5.74) is 10.5. The zero-order chi connectivity index (χ0) is 32.5. The Morgan fingerprint density at radius 2 is 1.62 bits per heavy atom. The first-order valence-electron chi connectivity index (χ1n) is 15.1. The Kier molecular flexibility index (Phi) is 12.7. The molecule has 6 nitrogen and oxygen atoms in total. The minimum atomic E-state index is -0.704. The van der Waals surface area contributed by atoms with E-state index in [-0.39, 0.29) is 30.3 Å². The van der Waals surface area contributed by atoms with E-state index in [0.717, 1.165) is 16.7 Å².